The van der Waals surface area contributed by atoms with Gasteiger partial charge in [-0.2, -0.15) is 0 Å². The highest BCUT2D eigenvalue weighted by atomic mass is 32.1. The minimum Gasteiger partial charge on any atom is -0.373 e. The van der Waals surface area contributed by atoms with Crippen LogP contribution >= 0.6 is 11.3 Å². The topological polar surface area (TPSA) is 29.8 Å². The van der Waals surface area contributed by atoms with Crippen molar-refractivity contribution < 1.29 is 4.74 Å². The standard InChI is InChI=1S/C18H21N3OS/c1-13-10-20(11-14(2)22-13)12-16-17(15-6-4-3-5-7-15)19-18-21(16)8-9-23-18/h3-9,13-14H,10-12H2,1-2H3. The molecule has 1 aliphatic rings. The van der Waals surface area contributed by atoms with E-state index >= 15 is 0 Å². The second kappa shape index (κ2) is 6.07. The first-order valence-corrected chi connectivity index (χ1v) is 8.96. The Morgan fingerprint density at radius 1 is 1.17 bits per heavy atom. The van der Waals surface area contributed by atoms with Gasteiger partial charge in [-0.3, -0.25) is 9.30 Å². The van der Waals surface area contributed by atoms with Crippen LogP contribution in [0.2, 0.25) is 0 Å². The number of morpholine rings is 1. The molecule has 1 saturated heterocycles. The van der Waals surface area contributed by atoms with Crippen LogP contribution in [0.3, 0.4) is 0 Å². The van der Waals surface area contributed by atoms with Crippen molar-refractivity contribution in [3.63, 3.8) is 0 Å². The Hall–Kier alpha value is -1.69. The lowest BCUT2D eigenvalue weighted by Gasteiger charge is -2.35. The van der Waals surface area contributed by atoms with Crippen LogP contribution in [0, 0.1) is 0 Å². The highest BCUT2D eigenvalue weighted by molar-refractivity contribution is 7.15. The Labute approximate surface area is 140 Å². The van der Waals surface area contributed by atoms with Gasteiger partial charge in [0.05, 0.1) is 23.6 Å². The lowest BCUT2D eigenvalue weighted by Crippen LogP contribution is -2.45. The molecule has 4 nitrogen and oxygen atoms in total. The first kappa shape index (κ1) is 14.9. The summed E-state index contributed by atoms with van der Waals surface area (Å²) < 4.78 is 8.09. The number of thiazole rings is 1. The Morgan fingerprint density at radius 2 is 1.91 bits per heavy atom. The van der Waals surface area contributed by atoms with Gasteiger partial charge in [-0.1, -0.05) is 30.3 Å². The third-order valence-electron chi connectivity index (χ3n) is 4.28. The number of hydrogen-bond donors (Lipinski definition) is 0. The summed E-state index contributed by atoms with van der Waals surface area (Å²) in [7, 11) is 0. The van der Waals surface area contributed by atoms with Gasteiger partial charge in [-0.25, -0.2) is 4.98 Å². The Balaban J connectivity index is 1.72. The van der Waals surface area contributed by atoms with Crippen molar-refractivity contribution in [1.82, 2.24) is 14.3 Å². The molecule has 1 aromatic carbocycles. The first-order valence-electron chi connectivity index (χ1n) is 8.08. The van der Waals surface area contributed by atoms with E-state index in [1.165, 1.54) is 11.3 Å². The second-order valence-corrected chi connectivity index (χ2v) is 7.15. The van der Waals surface area contributed by atoms with Crippen molar-refractivity contribution in [2.45, 2.75) is 32.6 Å². The van der Waals surface area contributed by atoms with Gasteiger partial charge in [0, 0.05) is 36.8 Å². The monoisotopic (exact) mass is 327 g/mol. The fourth-order valence-electron chi connectivity index (χ4n) is 3.44. The molecule has 2 unspecified atom stereocenters. The zero-order valence-corrected chi connectivity index (χ0v) is 14.3. The van der Waals surface area contributed by atoms with Crippen molar-refractivity contribution in [3.05, 3.63) is 47.6 Å². The molecule has 0 aliphatic carbocycles. The maximum Gasteiger partial charge on any atom is 0.194 e. The zero-order chi connectivity index (χ0) is 15.8. The van der Waals surface area contributed by atoms with Crippen LogP contribution < -0.4 is 0 Å². The average molecular weight is 327 g/mol. The maximum absolute atomic E-state index is 5.86. The predicted molar refractivity (Wildman–Crippen MR) is 93.8 cm³/mol. The number of imidazole rings is 1. The summed E-state index contributed by atoms with van der Waals surface area (Å²) >= 11 is 1.69. The second-order valence-electron chi connectivity index (χ2n) is 6.28. The van der Waals surface area contributed by atoms with E-state index in [0.29, 0.717) is 0 Å². The molecular formula is C18H21N3OS. The van der Waals surface area contributed by atoms with Gasteiger partial charge in [-0.05, 0) is 13.8 Å². The highest BCUT2D eigenvalue weighted by Gasteiger charge is 2.25. The van der Waals surface area contributed by atoms with E-state index in [-0.39, 0.29) is 12.2 Å². The van der Waals surface area contributed by atoms with Gasteiger partial charge in [0.1, 0.15) is 0 Å². The molecule has 2 aromatic heterocycles. The summed E-state index contributed by atoms with van der Waals surface area (Å²) in [6.07, 6.45) is 2.69. The fourth-order valence-corrected chi connectivity index (χ4v) is 4.17. The quantitative estimate of drug-likeness (QED) is 0.735. The molecule has 4 rings (SSSR count). The number of benzene rings is 1. The largest absolute Gasteiger partial charge is 0.373 e. The normalized spacial score (nSPS) is 22.7. The molecule has 120 valence electrons. The summed E-state index contributed by atoms with van der Waals surface area (Å²) in [5, 5.41) is 2.10. The summed E-state index contributed by atoms with van der Waals surface area (Å²) in [6.45, 7) is 7.14. The SMILES string of the molecule is CC1CN(Cc2c(-c3ccccc3)nc3sccn23)CC(C)O1. The third kappa shape index (κ3) is 2.92. The maximum atomic E-state index is 5.86. The highest BCUT2D eigenvalue weighted by Crippen LogP contribution is 2.28. The molecular weight excluding hydrogens is 306 g/mol. The number of ether oxygens (including phenoxy) is 1. The van der Waals surface area contributed by atoms with Crippen LogP contribution in [0.25, 0.3) is 16.2 Å². The summed E-state index contributed by atoms with van der Waals surface area (Å²) in [5.41, 5.74) is 3.56. The minimum absolute atomic E-state index is 0.282. The van der Waals surface area contributed by atoms with Crippen molar-refractivity contribution in [1.29, 1.82) is 0 Å². The van der Waals surface area contributed by atoms with E-state index in [1.807, 2.05) is 6.07 Å². The molecule has 3 aromatic rings. The van der Waals surface area contributed by atoms with Gasteiger partial charge in [0.25, 0.3) is 0 Å². The number of aromatic nitrogens is 2. The predicted octanol–water partition coefficient (Wildman–Crippen LogP) is 3.67. The molecule has 0 radical (unpaired) electrons. The van der Waals surface area contributed by atoms with E-state index in [4.69, 9.17) is 9.72 Å². The van der Waals surface area contributed by atoms with Gasteiger partial charge < -0.3 is 4.74 Å². The molecule has 0 spiro atoms. The summed E-state index contributed by atoms with van der Waals surface area (Å²) in [6, 6.07) is 10.5. The number of nitrogens with zero attached hydrogens (tertiary/aromatic N) is 3. The molecule has 1 aliphatic heterocycles. The Kier molecular flexibility index (Phi) is 3.93. The molecule has 0 saturated carbocycles. The molecule has 0 amide bonds. The van der Waals surface area contributed by atoms with E-state index < -0.39 is 0 Å². The Bertz CT molecular complexity index is 785. The van der Waals surface area contributed by atoms with Gasteiger partial charge in [0.15, 0.2) is 4.96 Å². The fraction of sp³-hybridized carbons (Fsp3) is 0.389. The molecule has 3 heterocycles. The van der Waals surface area contributed by atoms with Crippen LogP contribution in [-0.2, 0) is 11.3 Å². The van der Waals surface area contributed by atoms with E-state index in [9.17, 15) is 0 Å². The summed E-state index contributed by atoms with van der Waals surface area (Å²) in [5.74, 6) is 0. The van der Waals surface area contributed by atoms with Crippen LogP contribution in [-0.4, -0.2) is 39.6 Å². The Morgan fingerprint density at radius 3 is 2.65 bits per heavy atom. The number of fused-ring (bicyclic) bond motifs is 1. The molecule has 5 heteroatoms. The van der Waals surface area contributed by atoms with Crippen LogP contribution in [0.4, 0.5) is 0 Å². The molecule has 2 atom stereocenters. The molecule has 0 bridgehead atoms. The molecule has 1 fully saturated rings. The van der Waals surface area contributed by atoms with Crippen molar-refractivity contribution in [2.24, 2.45) is 0 Å². The average Bonchev–Trinajstić information content (AvgIpc) is 3.10. The van der Waals surface area contributed by atoms with E-state index in [0.717, 1.165) is 30.3 Å². The van der Waals surface area contributed by atoms with Crippen molar-refractivity contribution in [3.8, 4) is 11.3 Å². The van der Waals surface area contributed by atoms with Gasteiger partial charge in [0.2, 0.25) is 0 Å². The third-order valence-corrected chi connectivity index (χ3v) is 5.03. The van der Waals surface area contributed by atoms with Gasteiger partial charge in [-0.15, -0.1) is 11.3 Å². The first-order chi connectivity index (χ1) is 11.2. The van der Waals surface area contributed by atoms with Gasteiger partial charge >= 0.3 is 0 Å². The lowest BCUT2D eigenvalue weighted by atomic mass is 10.1. The van der Waals surface area contributed by atoms with Crippen molar-refractivity contribution in [2.75, 3.05) is 13.1 Å². The van der Waals surface area contributed by atoms with Crippen LogP contribution in [0.15, 0.2) is 41.9 Å². The smallest absolute Gasteiger partial charge is 0.194 e. The minimum atomic E-state index is 0.282. The van der Waals surface area contributed by atoms with E-state index in [2.05, 4.69) is 59.0 Å². The lowest BCUT2D eigenvalue weighted by molar-refractivity contribution is -0.0707. The number of rotatable bonds is 3. The summed E-state index contributed by atoms with van der Waals surface area (Å²) in [4.78, 5) is 8.41. The van der Waals surface area contributed by atoms with Crippen LogP contribution in [0.1, 0.15) is 19.5 Å². The molecule has 0 N–H and O–H groups in total. The van der Waals surface area contributed by atoms with Crippen molar-refractivity contribution >= 4 is 16.3 Å². The zero-order valence-electron chi connectivity index (χ0n) is 13.5. The molecule has 23 heavy (non-hydrogen) atoms. The number of hydrogen-bond acceptors (Lipinski definition) is 4. The van der Waals surface area contributed by atoms with E-state index in [1.54, 1.807) is 11.3 Å². The van der Waals surface area contributed by atoms with Crippen LogP contribution in [0.5, 0.6) is 0 Å².